The van der Waals surface area contributed by atoms with Gasteiger partial charge in [0.1, 0.15) is 5.75 Å². The molecule has 1 rings (SSSR count). The van der Waals surface area contributed by atoms with Crippen LogP contribution in [-0.2, 0) is 6.54 Å². The predicted molar refractivity (Wildman–Crippen MR) is 76.5 cm³/mol. The predicted octanol–water partition coefficient (Wildman–Crippen LogP) is 3.98. The Bertz CT molecular complexity index is 371. The minimum Gasteiger partial charge on any atom is -0.496 e. The molecule has 96 valence electrons. The summed E-state index contributed by atoms with van der Waals surface area (Å²) in [6, 6.07) is 6.53. The van der Waals surface area contributed by atoms with Crippen molar-refractivity contribution in [2.45, 2.75) is 40.3 Å². The van der Waals surface area contributed by atoms with Crippen LogP contribution >= 0.6 is 15.9 Å². The molecule has 17 heavy (non-hydrogen) atoms. The summed E-state index contributed by atoms with van der Waals surface area (Å²) in [7, 11) is 1.71. The van der Waals surface area contributed by atoms with Crippen LogP contribution in [0.5, 0.6) is 5.75 Å². The van der Waals surface area contributed by atoms with Crippen LogP contribution < -0.4 is 10.1 Å². The fraction of sp³-hybridized carbons (Fsp3) is 0.571. The van der Waals surface area contributed by atoms with Crippen molar-refractivity contribution in [3.63, 3.8) is 0 Å². The molecular formula is C14H22BrNO. The van der Waals surface area contributed by atoms with E-state index in [1.807, 2.05) is 12.1 Å². The van der Waals surface area contributed by atoms with Gasteiger partial charge in [0, 0.05) is 22.6 Å². The fourth-order valence-corrected chi connectivity index (χ4v) is 1.86. The van der Waals surface area contributed by atoms with Gasteiger partial charge in [-0.3, -0.25) is 0 Å². The molecule has 0 fully saturated rings. The third-order valence-corrected chi connectivity index (χ3v) is 3.63. The van der Waals surface area contributed by atoms with Crippen LogP contribution in [0.1, 0.15) is 33.3 Å². The van der Waals surface area contributed by atoms with Gasteiger partial charge in [0.2, 0.25) is 0 Å². The maximum absolute atomic E-state index is 5.36. The van der Waals surface area contributed by atoms with Gasteiger partial charge >= 0.3 is 0 Å². The van der Waals surface area contributed by atoms with Crippen LogP contribution in [0.4, 0.5) is 0 Å². The van der Waals surface area contributed by atoms with Gasteiger partial charge in [-0.25, -0.2) is 0 Å². The average molecular weight is 300 g/mol. The Kier molecular flexibility index (Phi) is 5.02. The molecule has 0 radical (unpaired) electrons. The summed E-state index contributed by atoms with van der Waals surface area (Å²) < 4.78 is 6.44. The summed E-state index contributed by atoms with van der Waals surface area (Å²) in [6.07, 6.45) is 0. The number of hydrogen-bond donors (Lipinski definition) is 1. The SMILES string of the molecule is COc1ccc(Br)cc1CNC(C)C(C)(C)C. The molecule has 0 aliphatic rings. The second-order valence-electron chi connectivity index (χ2n) is 5.42. The molecule has 0 aromatic heterocycles. The molecule has 1 N–H and O–H groups in total. The van der Waals surface area contributed by atoms with E-state index in [-0.39, 0.29) is 5.41 Å². The molecule has 0 saturated heterocycles. The Balaban J connectivity index is 2.72. The normalized spacial score (nSPS) is 13.5. The van der Waals surface area contributed by atoms with Crippen molar-refractivity contribution < 1.29 is 4.74 Å². The van der Waals surface area contributed by atoms with E-state index >= 15 is 0 Å². The van der Waals surface area contributed by atoms with Crippen LogP contribution in [-0.4, -0.2) is 13.2 Å². The molecule has 0 bridgehead atoms. The number of rotatable bonds is 4. The summed E-state index contributed by atoms with van der Waals surface area (Å²) in [6.45, 7) is 9.75. The lowest BCUT2D eigenvalue weighted by molar-refractivity contribution is 0.283. The first-order valence-corrected chi connectivity index (χ1v) is 6.69. The van der Waals surface area contributed by atoms with E-state index in [1.54, 1.807) is 7.11 Å². The molecule has 3 heteroatoms. The molecule has 2 nitrogen and oxygen atoms in total. The van der Waals surface area contributed by atoms with Crippen LogP contribution in [0.15, 0.2) is 22.7 Å². The van der Waals surface area contributed by atoms with E-state index in [9.17, 15) is 0 Å². The lowest BCUT2D eigenvalue weighted by Gasteiger charge is -2.28. The van der Waals surface area contributed by atoms with E-state index in [4.69, 9.17) is 4.74 Å². The van der Waals surface area contributed by atoms with Crippen LogP contribution in [0, 0.1) is 5.41 Å². The minimum atomic E-state index is 0.263. The first kappa shape index (κ1) is 14.5. The smallest absolute Gasteiger partial charge is 0.123 e. The minimum absolute atomic E-state index is 0.263. The molecule has 1 aromatic rings. The molecule has 0 aliphatic carbocycles. The van der Waals surface area contributed by atoms with Gasteiger partial charge in [-0.05, 0) is 30.5 Å². The summed E-state index contributed by atoms with van der Waals surface area (Å²) in [4.78, 5) is 0. The highest BCUT2D eigenvalue weighted by molar-refractivity contribution is 9.10. The second-order valence-corrected chi connectivity index (χ2v) is 6.34. The number of methoxy groups -OCH3 is 1. The summed E-state index contributed by atoms with van der Waals surface area (Å²) in [5.41, 5.74) is 1.44. The van der Waals surface area contributed by atoms with E-state index in [0.29, 0.717) is 6.04 Å². The van der Waals surface area contributed by atoms with Gasteiger partial charge in [0.05, 0.1) is 7.11 Å². The van der Waals surface area contributed by atoms with Crippen molar-refractivity contribution in [1.82, 2.24) is 5.32 Å². The number of halogens is 1. The Labute approximate surface area is 113 Å². The van der Waals surface area contributed by atoms with Crippen molar-refractivity contribution in [1.29, 1.82) is 0 Å². The topological polar surface area (TPSA) is 21.3 Å². The largest absolute Gasteiger partial charge is 0.496 e. The summed E-state index contributed by atoms with van der Waals surface area (Å²) >= 11 is 3.49. The molecule has 0 aliphatic heterocycles. The Morgan fingerprint density at radius 3 is 2.53 bits per heavy atom. The van der Waals surface area contributed by atoms with Gasteiger partial charge in [-0.15, -0.1) is 0 Å². The average Bonchev–Trinajstić information content (AvgIpc) is 2.24. The highest BCUT2D eigenvalue weighted by Gasteiger charge is 2.19. The first-order valence-electron chi connectivity index (χ1n) is 5.90. The summed E-state index contributed by atoms with van der Waals surface area (Å²) in [5, 5.41) is 3.54. The van der Waals surface area contributed by atoms with Gasteiger partial charge < -0.3 is 10.1 Å². The zero-order valence-corrected chi connectivity index (χ0v) is 12.9. The molecular weight excluding hydrogens is 278 g/mol. The quantitative estimate of drug-likeness (QED) is 0.908. The maximum atomic E-state index is 5.36. The van der Waals surface area contributed by atoms with Crippen molar-refractivity contribution in [2.75, 3.05) is 7.11 Å². The standard InChI is InChI=1S/C14H22BrNO/c1-10(14(2,3)4)16-9-11-8-12(15)6-7-13(11)17-5/h6-8,10,16H,9H2,1-5H3. The fourth-order valence-electron chi connectivity index (χ4n) is 1.45. The van der Waals surface area contributed by atoms with Crippen molar-refractivity contribution in [3.05, 3.63) is 28.2 Å². The zero-order chi connectivity index (χ0) is 13.1. The molecule has 1 aromatic carbocycles. The molecule has 0 saturated carbocycles. The van der Waals surface area contributed by atoms with E-state index < -0.39 is 0 Å². The Morgan fingerprint density at radius 1 is 1.35 bits per heavy atom. The first-order chi connectivity index (χ1) is 7.84. The van der Waals surface area contributed by atoms with Crippen molar-refractivity contribution in [2.24, 2.45) is 5.41 Å². The van der Waals surface area contributed by atoms with Gasteiger partial charge in [0.25, 0.3) is 0 Å². The van der Waals surface area contributed by atoms with Gasteiger partial charge in [-0.2, -0.15) is 0 Å². The van der Waals surface area contributed by atoms with E-state index in [1.165, 1.54) is 5.56 Å². The van der Waals surface area contributed by atoms with E-state index in [0.717, 1.165) is 16.8 Å². The van der Waals surface area contributed by atoms with Crippen LogP contribution in [0.25, 0.3) is 0 Å². The second kappa shape index (κ2) is 5.87. The van der Waals surface area contributed by atoms with Gasteiger partial charge in [-0.1, -0.05) is 36.7 Å². The highest BCUT2D eigenvalue weighted by atomic mass is 79.9. The number of hydrogen-bond acceptors (Lipinski definition) is 2. The molecule has 1 atom stereocenters. The van der Waals surface area contributed by atoms with Crippen molar-refractivity contribution in [3.8, 4) is 5.75 Å². The molecule has 0 heterocycles. The molecule has 1 unspecified atom stereocenters. The van der Waals surface area contributed by atoms with E-state index in [2.05, 4.69) is 55.0 Å². The van der Waals surface area contributed by atoms with Crippen molar-refractivity contribution >= 4 is 15.9 Å². The summed E-state index contributed by atoms with van der Waals surface area (Å²) in [5.74, 6) is 0.932. The Morgan fingerprint density at radius 2 is 2.00 bits per heavy atom. The third kappa shape index (κ3) is 4.32. The third-order valence-electron chi connectivity index (χ3n) is 3.14. The molecule has 0 spiro atoms. The highest BCUT2D eigenvalue weighted by Crippen LogP contribution is 2.24. The lowest BCUT2D eigenvalue weighted by atomic mass is 9.88. The van der Waals surface area contributed by atoms with Crippen LogP contribution in [0.2, 0.25) is 0 Å². The molecule has 0 amide bonds. The maximum Gasteiger partial charge on any atom is 0.123 e. The van der Waals surface area contributed by atoms with Crippen LogP contribution in [0.3, 0.4) is 0 Å². The monoisotopic (exact) mass is 299 g/mol. The van der Waals surface area contributed by atoms with Gasteiger partial charge in [0.15, 0.2) is 0 Å². The number of ether oxygens (including phenoxy) is 1. The lowest BCUT2D eigenvalue weighted by Crippen LogP contribution is -2.37. The number of nitrogens with one attached hydrogen (secondary N) is 1. The zero-order valence-electron chi connectivity index (χ0n) is 11.3. The Hall–Kier alpha value is -0.540. The number of benzene rings is 1.